The molecular weight excluding hydrogens is 414 g/mol. The van der Waals surface area contributed by atoms with Crippen LogP contribution < -0.4 is 15.5 Å². The number of nitrogens with zero attached hydrogens (tertiary/aromatic N) is 1. The molecule has 0 saturated carbocycles. The molecule has 0 aliphatic carbocycles. The summed E-state index contributed by atoms with van der Waals surface area (Å²) in [5.74, 6) is -2.48. The van der Waals surface area contributed by atoms with Gasteiger partial charge in [0.15, 0.2) is 6.61 Å². The van der Waals surface area contributed by atoms with Crippen LogP contribution in [0.1, 0.15) is 35.3 Å². The fourth-order valence-electron chi connectivity index (χ4n) is 3.35. The zero-order valence-electron chi connectivity index (χ0n) is 17.9. The van der Waals surface area contributed by atoms with Crippen molar-refractivity contribution in [3.63, 3.8) is 0 Å². The molecule has 2 aromatic carbocycles. The highest BCUT2D eigenvalue weighted by Gasteiger charge is 2.37. The van der Waals surface area contributed by atoms with Crippen LogP contribution in [0.25, 0.3) is 0 Å². The van der Waals surface area contributed by atoms with Crippen molar-refractivity contribution in [1.82, 2.24) is 15.8 Å². The molecule has 32 heavy (non-hydrogen) atoms. The number of amides is 3. The van der Waals surface area contributed by atoms with E-state index in [0.29, 0.717) is 5.75 Å². The summed E-state index contributed by atoms with van der Waals surface area (Å²) in [7, 11) is 1.44. The van der Waals surface area contributed by atoms with Gasteiger partial charge in [0.25, 0.3) is 11.8 Å². The summed E-state index contributed by atoms with van der Waals surface area (Å²) >= 11 is 0. The summed E-state index contributed by atoms with van der Waals surface area (Å²) in [6, 6.07) is 15.7. The van der Waals surface area contributed by atoms with Gasteiger partial charge in [0.2, 0.25) is 5.91 Å². The molecule has 9 nitrogen and oxygen atoms in total. The third-order valence-corrected chi connectivity index (χ3v) is 5.07. The minimum absolute atomic E-state index is 0.0411. The van der Waals surface area contributed by atoms with Crippen molar-refractivity contribution in [2.24, 2.45) is 5.92 Å². The van der Waals surface area contributed by atoms with Crippen LogP contribution in [0.15, 0.2) is 54.6 Å². The van der Waals surface area contributed by atoms with E-state index in [4.69, 9.17) is 9.47 Å². The molecule has 2 aromatic rings. The Bertz CT molecular complexity index is 994. The highest BCUT2D eigenvalue weighted by atomic mass is 16.5. The van der Waals surface area contributed by atoms with Gasteiger partial charge in [-0.2, -0.15) is 0 Å². The lowest BCUT2D eigenvalue weighted by atomic mass is 10.1. The van der Waals surface area contributed by atoms with Crippen molar-refractivity contribution in [2.45, 2.75) is 19.4 Å². The maximum atomic E-state index is 12.5. The van der Waals surface area contributed by atoms with E-state index >= 15 is 0 Å². The largest absolute Gasteiger partial charge is 0.496 e. The Morgan fingerprint density at radius 3 is 2.50 bits per heavy atom. The number of benzene rings is 2. The summed E-state index contributed by atoms with van der Waals surface area (Å²) in [5.41, 5.74) is 3.68. The van der Waals surface area contributed by atoms with Crippen molar-refractivity contribution in [1.29, 1.82) is 0 Å². The van der Waals surface area contributed by atoms with Crippen molar-refractivity contribution in [2.75, 3.05) is 20.3 Å². The predicted octanol–water partition coefficient (Wildman–Crippen LogP) is 1.61. The molecule has 1 saturated heterocycles. The number of ether oxygens (including phenoxy) is 2. The van der Waals surface area contributed by atoms with Crippen molar-refractivity contribution < 1.29 is 28.7 Å². The summed E-state index contributed by atoms with van der Waals surface area (Å²) in [6.07, 6.45) is -0.118. The van der Waals surface area contributed by atoms with Gasteiger partial charge in [-0.25, -0.2) is 0 Å². The lowest BCUT2D eigenvalue weighted by Gasteiger charge is -2.18. The van der Waals surface area contributed by atoms with E-state index in [2.05, 4.69) is 10.7 Å². The Morgan fingerprint density at radius 2 is 1.78 bits per heavy atom. The quantitative estimate of drug-likeness (QED) is 0.604. The zero-order chi connectivity index (χ0) is 23.1. The Hall–Kier alpha value is -3.88. The van der Waals surface area contributed by atoms with Crippen LogP contribution >= 0.6 is 0 Å². The summed E-state index contributed by atoms with van der Waals surface area (Å²) in [6.45, 7) is 1.34. The maximum Gasteiger partial charge on any atom is 0.311 e. The first kappa shape index (κ1) is 22.8. The molecule has 1 aliphatic rings. The van der Waals surface area contributed by atoms with Crippen LogP contribution in [-0.2, 0) is 19.1 Å². The SMILES string of the molecule is COc1ccccc1C(=O)NN1C[C@@H](C(=O)OCC(=O)N[C@@H](C)c2ccccc2)CC1=O. The van der Waals surface area contributed by atoms with Gasteiger partial charge < -0.3 is 14.8 Å². The Morgan fingerprint density at radius 1 is 1.09 bits per heavy atom. The number of hydrogen-bond acceptors (Lipinski definition) is 6. The van der Waals surface area contributed by atoms with Crippen LogP contribution in [-0.4, -0.2) is 49.0 Å². The van der Waals surface area contributed by atoms with Gasteiger partial charge in [0, 0.05) is 6.42 Å². The van der Waals surface area contributed by atoms with E-state index < -0.39 is 36.2 Å². The lowest BCUT2D eigenvalue weighted by molar-refractivity contribution is -0.152. The van der Waals surface area contributed by atoms with Crippen molar-refractivity contribution >= 4 is 23.7 Å². The second-order valence-corrected chi connectivity index (χ2v) is 7.35. The maximum absolute atomic E-state index is 12.5. The smallest absolute Gasteiger partial charge is 0.311 e. The first-order chi connectivity index (χ1) is 15.4. The van der Waals surface area contributed by atoms with Gasteiger partial charge in [0.05, 0.1) is 31.2 Å². The minimum Gasteiger partial charge on any atom is -0.496 e. The topological polar surface area (TPSA) is 114 Å². The minimum atomic E-state index is -0.778. The number of esters is 1. The second kappa shape index (κ2) is 10.4. The van der Waals surface area contributed by atoms with E-state index in [9.17, 15) is 19.2 Å². The summed E-state index contributed by atoms with van der Waals surface area (Å²) in [5, 5.41) is 3.83. The average molecular weight is 439 g/mol. The van der Waals surface area contributed by atoms with Crippen LogP contribution in [0.3, 0.4) is 0 Å². The van der Waals surface area contributed by atoms with E-state index in [0.717, 1.165) is 10.6 Å². The van der Waals surface area contributed by atoms with Crippen LogP contribution in [0.5, 0.6) is 5.75 Å². The molecule has 0 radical (unpaired) electrons. The van der Waals surface area contributed by atoms with Gasteiger partial charge >= 0.3 is 5.97 Å². The molecule has 0 aromatic heterocycles. The fourth-order valence-corrected chi connectivity index (χ4v) is 3.35. The monoisotopic (exact) mass is 439 g/mol. The molecule has 0 bridgehead atoms. The molecular formula is C23H25N3O6. The molecule has 0 unspecified atom stereocenters. The average Bonchev–Trinajstić information content (AvgIpc) is 3.18. The van der Waals surface area contributed by atoms with Crippen molar-refractivity contribution in [3.05, 3.63) is 65.7 Å². The van der Waals surface area contributed by atoms with E-state index in [-0.39, 0.29) is 24.6 Å². The third-order valence-electron chi connectivity index (χ3n) is 5.07. The molecule has 2 N–H and O–H groups in total. The Kier molecular flexibility index (Phi) is 7.43. The number of rotatable bonds is 8. The van der Waals surface area contributed by atoms with Gasteiger partial charge in [0.1, 0.15) is 5.75 Å². The number of carbonyl (C=O) groups excluding carboxylic acids is 4. The van der Waals surface area contributed by atoms with Crippen molar-refractivity contribution in [3.8, 4) is 5.75 Å². The highest BCUT2D eigenvalue weighted by Crippen LogP contribution is 2.20. The normalized spacial score (nSPS) is 16.2. The lowest BCUT2D eigenvalue weighted by Crippen LogP contribution is -2.43. The molecule has 3 amide bonds. The standard InChI is InChI=1S/C23H25N3O6/c1-15(16-8-4-3-5-9-16)24-20(27)14-32-23(30)17-12-21(28)26(13-17)25-22(29)18-10-6-7-11-19(18)31-2/h3-11,15,17H,12-14H2,1-2H3,(H,24,27)(H,25,29)/t15-,17-/m0/s1. The number of para-hydroxylation sites is 1. The van der Waals surface area contributed by atoms with E-state index in [1.54, 1.807) is 24.3 Å². The molecule has 168 valence electrons. The summed E-state index contributed by atoms with van der Waals surface area (Å²) < 4.78 is 10.2. The Labute approximate surface area is 185 Å². The van der Waals surface area contributed by atoms with Crippen LogP contribution in [0.4, 0.5) is 0 Å². The molecule has 1 aliphatic heterocycles. The molecule has 9 heteroatoms. The second-order valence-electron chi connectivity index (χ2n) is 7.35. The number of hydrazine groups is 1. The predicted molar refractivity (Wildman–Crippen MR) is 114 cm³/mol. The van der Waals surface area contributed by atoms with E-state index in [1.807, 2.05) is 37.3 Å². The van der Waals surface area contributed by atoms with Gasteiger partial charge in [-0.3, -0.25) is 29.6 Å². The number of carbonyl (C=O) groups is 4. The third kappa shape index (κ3) is 5.63. The Balaban J connectivity index is 1.48. The highest BCUT2D eigenvalue weighted by molar-refractivity contribution is 5.98. The van der Waals surface area contributed by atoms with Gasteiger partial charge in [-0.1, -0.05) is 42.5 Å². The molecule has 1 fully saturated rings. The molecule has 1 heterocycles. The number of methoxy groups -OCH3 is 1. The first-order valence-electron chi connectivity index (χ1n) is 10.1. The van der Waals surface area contributed by atoms with Gasteiger partial charge in [-0.15, -0.1) is 0 Å². The van der Waals surface area contributed by atoms with Crippen LogP contribution in [0, 0.1) is 5.92 Å². The number of nitrogens with one attached hydrogen (secondary N) is 2. The van der Waals surface area contributed by atoms with Gasteiger partial charge in [-0.05, 0) is 24.6 Å². The van der Waals surface area contributed by atoms with E-state index in [1.165, 1.54) is 7.11 Å². The first-order valence-corrected chi connectivity index (χ1v) is 10.1. The molecule has 2 atom stereocenters. The van der Waals surface area contributed by atoms with Crippen LogP contribution in [0.2, 0.25) is 0 Å². The zero-order valence-corrected chi connectivity index (χ0v) is 17.9. The number of hydrogen-bond donors (Lipinski definition) is 2. The molecule has 0 spiro atoms. The molecule has 3 rings (SSSR count). The fraction of sp³-hybridized carbons (Fsp3) is 0.304. The summed E-state index contributed by atoms with van der Waals surface area (Å²) in [4.78, 5) is 49.2.